The van der Waals surface area contributed by atoms with Crippen LogP contribution >= 0.6 is 0 Å². The lowest BCUT2D eigenvalue weighted by atomic mass is 10.1. The number of hydrogen-bond donors (Lipinski definition) is 3. The summed E-state index contributed by atoms with van der Waals surface area (Å²) >= 11 is 0. The summed E-state index contributed by atoms with van der Waals surface area (Å²) in [6.07, 6.45) is 0. The molecule has 0 aromatic heterocycles. The number of anilines is 1. The smallest absolute Gasteiger partial charge is 0.279 e. The SMILES string of the molecule is COc1ccc(C)cc1C[NH+]1CC[NH+](CC(=O)Nc2ccc(C)cc2)CC1. The molecule has 2 aromatic carbocycles. The summed E-state index contributed by atoms with van der Waals surface area (Å²) in [7, 11) is 1.73. The van der Waals surface area contributed by atoms with E-state index in [0.717, 1.165) is 44.2 Å². The molecule has 1 heterocycles. The van der Waals surface area contributed by atoms with Crippen LogP contribution in [-0.2, 0) is 11.3 Å². The highest BCUT2D eigenvalue weighted by Gasteiger charge is 2.25. The van der Waals surface area contributed by atoms with Gasteiger partial charge in [-0.05, 0) is 38.1 Å². The molecule has 0 unspecified atom stereocenters. The third-order valence-electron chi connectivity index (χ3n) is 5.29. The first-order valence-corrected chi connectivity index (χ1v) is 9.70. The Hall–Kier alpha value is -2.37. The fourth-order valence-electron chi connectivity index (χ4n) is 3.69. The van der Waals surface area contributed by atoms with E-state index in [4.69, 9.17) is 4.74 Å². The molecule has 5 heteroatoms. The van der Waals surface area contributed by atoms with E-state index in [-0.39, 0.29) is 5.91 Å². The van der Waals surface area contributed by atoms with Crippen LogP contribution in [0.2, 0.25) is 0 Å². The number of carbonyl (C=O) groups excluding carboxylic acids is 1. The third-order valence-corrected chi connectivity index (χ3v) is 5.29. The van der Waals surface area contributed by atoms with Gasteiger partial charge in [-0.25, -0.2) is 0 Å². The molecule has 1 amide bonds. The average molecular weight is 370 g/mol. The molecule has 0 saturated carbocycles. The number of quaternary nitrogens is 2. The van der Waals surface area contributed by atoms with E-state index in [1.807, 2.05) is 31.2 Å². The second kappa shape index (κ2) is 9.02. The number of ether oxygens (including phenoxy) is 1. The first-order valence-electron chi connectivity index (χ1n) is 9.70. The minimum absolute atomic E-state index is 0.0951. The van der Waals surface area contributed by atoms with E-state index < -0.39 is 0 Å². The summed E-state index contributed by atoms with van der Waals surface area (Å²) in [5.74, 6) is 1.07. The standard InChI is InChI=1S/C22H29N3O2/c1-17-4-7-20(8-5-17)23-22(26)16-25-12-10-24(11-13-25)15-19-14-18(2)6-9-21(19)27-3/h4-9,14H,10-13,15-16H2,1-3H3,(H,23,26)/p+2. The van der Waals surface area contributed by atoms with Crippen molar-refractivity contribution >= 4 is 11.6 Å². The second-order valence-corrected chi connectivity index (χ2v) is 7.58. The van der Waals surface area contributed by atoms with Crippen LogP contribution in [0.1, 0.15) is 16.7 Å². The van der Waals surface area contributed by atoms with Gasteiger partial charge in [0, 0.05) is 11.3 Å². The van der Waals surface area contributed by atoms with E-state index >= 15 is 0 Å². The first-order chi connectivity index (χ1) is 13.0. The Kier molecular flexibility index (Phi) is 6.48. The molecule has 144 valence electrons. The van der Waals surface area contributed by atoms with Crippen molar-refractivity contribution in [1.82, 2.24) is 0 Å². The predicted octanol–water partition coefficient (Wildman–Crippen LogP) is 0.234. The van der Waals surface area contributed by atoms with Crippen molar-refractivity contribution in [3.63, 3.8) is 0 Å². The van der Waals surface area contributed by atoms with Crippen LogP contribution in [-0.4, -0.2) is 45.7 Å². The number of hydrogen-bond acceptors (Lipinski definition) is 2. The van der Waals surface area contributed by atoms with E-state index in [1.165, 1.54) is 21.6 Å². The molecule has 1 fully saturated rings. The molecule has 3 rings (SSSR count). The summed E-state index contributed by atoms with van der Waals surface area (Å²) in [4.78, 5) is 15.2. The second-order valence-electron chi connectivity index (χ2n) is 7.58. The largest absolute Gasteiger partial charge is 0.496 e. The fraction of sp³-hybridized carbons (Fsp3) is 0.409. The van der Waals surface area contributed by atoms with Crippen molar-refractivity contribution < 1.29 is 19.3 Å². The molecular formula is C22H31N3O2+2. The zero-order valence-electron chi connectivity index (χ0n) is 16.6. The van der Waals surface area contributed by atoms with Gasteiger partial charge in [-0.15, -0.1) is 0 Å². The lowest BCUT2D eigenvalue weighted by Gasteiger charge is -2.29. The Morgan fingerprint density at radius 3 is 2.26 bits per heavy atom. The highest BCUT2D eigenvalue weighted by atomic mass is 16.5. The maximum atomic E-state index is 12.3. The quantitative estimate of drug-likeness (QED) is 0.683. The molecule has 1 aliphatic heterocycles. The highest BCUT2D eigenvalue weighted by Crippen LogP contribution is 2.18. The molecule has 0 atom stereocenters. The summed E-state index contributed by atoms with van der Waals surface area (Å²) in [5.41, 5.74) is 4.61. The summed E-state index contributed by atoms with van der Waals surface area (Å²) in [6, 6.07) is 14.3. The minimum atomic E-state index is 0.0951. The van der Waals surface area contributed by atoms with Crippen molar-refractivity contribution in [2.45, 2.75) is 20.4 Å². The maximum Gasteiger partial charge on any atom is 0.279 e. The summed E-state index contributed by atoms with van der Waals surface area (Å²) < 4.78 is 5.51. The predicted molar refractivity (Wildman–Crippen MR) is 108 cm³/mol. The van der Waals surface area contributed by atoms with Crippen LogP contribution in [0.3, 0.4) is 0 Å². The van der Waals surface area contributed by atoms with E-state index in [1.54, 1.807) is 12.0 Å². The lowest BCUT2D eigenvalue weighted by molar-refractivity contribution is -1.02. The highest BCUT2D eigenvalue weighted by molar-refractivity contribution is 5.91. The van der Waals surface area contributed by atoms with Gasteiger partial charge in [0.1, 0.15) is 38.5 Å². The van der Waals surface area contributed by atoms with Crippen LogP contribution in [0.25, 0.3) is 0 Å². The maximum absolute atomic E-state index is 12.3. The van der Waals surface area contributed by atoms with Crippen LogP contribution in [0, 0.1) is 13.8 Å². The Labute approximate surface area is 161 Å². The molecule has 3 N–H and O–H groups in total. The molecule has 27 heavy (non-hydrogen) atoms. The zero-order valence-corrected chi connectivity index (χ0v) is 16.6. The number of carbonyl (C=O) groups is 1. The van der Waals surface area contributed by atoms with Gasteiger partial charge < -0.3 is 19.9 Å². The molecule has 2 aromatic rings. The van der Waals surface area contributed by atoms with Crippen LogP contribution in [0.5, 0.6) is 5.75 Å². The third kappa shape index (κ3) is 5.55. The zero-order chi connectivity index (χ0) is 19.2. The normalized spacial score (nSPS) is 19.5. The average Bonchev–Trinajstić information content (AvgIpc) is 2.65. The molecule has 5 nitrogen and oxygen atoms in total. The summed E-state index contributed by atoms with van der Waals surface area (Å²) in [6.45, 7) is 9.86. The van der Waals surface area contributed by atoms with Gasteiger partial charge in [-0.3, -0.25) is 4.79 Å². The van der Waals surface area contributed by atoms with E-state index in [0.29, 0.717) is 6.54 Å². The molecule has 0 spiro atoms. The van der Waals surface area contributed by atoms with Crippen LogP contribution < -0.4 is 19.9 Å². The van der Waals surface area contributed by atoms with Crippen molar-refractivity contribution in [1.29, 1.82) is 0 Å². The van der Waals surface area contributed by atoms with Gasteiger partial charge in [-0.2, -0.15) is 0 Å². The molecule has 1 saturated heterocycles. The van der Waals surface area contributed by atoms with Crippen molar-refractivity contribution in [2.75, 3.05) is 45.2 Å². The Morgan fingerprint density at radius 2 is 1.59 bits per heavy atom. The molecule has 0 bridgehead atoms. The molecule has 1 aliphatic rings. The number of benzene rings is 2. The number of aryl methyl sites for hydroxylation is 2. The van der Waals surface area contributed by atoms with Gasteiger partial charge in [0.25, 0.3) is 5.91 Å². The monoisotopic (exact) mass is 369 g/mol. The Balaban J connectivity index is 1.47. The van der Waals surface area contributed by atoms with Gasteiger partial charge >= 0.3 is 0 Å². The lowest BCUT2D eigenvalue weighted by Crippen LogP contribution is -3.28. The van der Waals surface area contributed by atoms with Gasteiger partial charge in [0.05, 0.1) is 7.11 Å². The van der Waals surface area contributed by atoms with Crippen molar-refractivity contribution in [3.05, 3.63) is 59.2 Å². The topological polar surface area (TPSA) is 47.2 Å². The number of piperazine rings is 1. The fourth-order valence-corrected chi connectivity index (χ4v) is 3.69. The minimum Gasteiger partial charge on any atom is -0.496 e. The van der Waals surface area contributed by atoms with Gasteiger partial charge in [-0.1, -0.05) is 29.3 Å². The van der Waals surface area contributed by atoms with Gasteiger partial charge in [0.2, 0.25) is 0 Å². The number of rotatable bonds is 6. The molecular weight excluding hydrogens is 338 g/mol. The first kappa shape index (κ1) is 19.4. The Bertz CT molecular complexity index is 766. The van der Waals surface area contributed by atoms with E-state index in [2.05, 4.69) is 30.4 Å². The number of amides is 1. The van der Waals surface area contributed by atoms with Crippen LogP contribution in [0.4, 0.5) is 5.69 Å². The number of nitrogens with one attached hydrogen (secondary N) is 3. The molecule has 0 aliphatic carbocycles. The van der Waals surface area contributed by atoms with Gasteiger partial charge in [0.15, 0.2) is 6.54 Å². The van der Waals surface area contributed by atoms with Crippen molar-refractivity contribution in [2.24, 2.45) is 0 Å². The molecule has 0 radical (unpaired) electrons. The Morgan fingerprint density at radius 1 is 0.963 bits per heavy atom. The van der Waals surface area contributed by atoms with E-state index in [9.17, 15) is 4.79 Å². The number of methoxy groups -OCH3 is 1. The summed E-state index contributed by atoms with van der Waals surface area (Å²) in [5, 5.41) is 3.01. The van der Waals surface area contributed by atoms with Crippen molar-refractivity contribution in [3.8, 4) is 5.75 Å². The van der Waals surface area contributed by atoms with Crippen LogP contribution in [0.15, 0.2) is 42.5 Å².